The molecule has 1 fully saturated rings. The molecule has 0 radical (unpaired) electrons. The van der Waals surface area contributed by atoms with Gasteiger partial charge in [-0.2, -0.15) is 0 Å². The maximum absolute atomic E-state index is 14.1. The van der Waals surface area contributed by atoms with Gasteiger partial charge in [0, 0.05) is 18.7 Å². The van der Waals surface area contributed by atoms with E-state index in [-0.39, 0.29) is 5.82 Å². The third kappa shape index (κ3) is 3.27. The molecule has 1 unspecified atom stereocenters. The first-order chi connectivity index (χ1) is 8.31. The van der Waals surface area contributed by atoms with Crippen molar-refractivity contribution >= 4 is 0 Å². The van der Waals surface area contributed by atoms with Gasteiger partial charge in [0.05, 0.1) is 6.61 Å². The number of methoxy groups -OCH3 is 1. The maximum Gasteiger partial charge on any atom is 0.131 e. The van der Waals surface area contributed by atoms with Crippen LogP contribution < -0.4 is 5.32 Å². The summed E-state index contributed by atoms with van der Waals surface area (Å²) in [4.78, 5) is 0. The number of hydrogen-bond donors (Lipinski definition) is 1. The number of nitrogens with one attached hydrogen (secondary N) is 1. The highest BCUT2D eigenvalue weighted by Crippen LogP contribution is 2.18. The predicted molar refractivity (Wildman–Crippen MR) is 66.5 cm³/mol. The molecule has 0 amide bonds. The fourth-order valence-electron chi connectivity index (χ4n) is 2.42. The number of piperidine rings is 1. The quantitative estimate of drug-likeness (QED) is 0.869. The third-order valence-electron chi connectivity index (χ3n) is 3.34. The zero-order chi connectivity index (χ0) is 12.1. The molecule has 17 heavy (non-hydrogen) atoms. The van der Waals surface area contributed by atoms with Crippen LogP contribution in [-0.2, 0) is 17.8 Å². The molecule has 1 aliphatic rings. The Bertz CT molecular complexity index is 361. The Balaban J connectivity index is 2.06. The molecule has 1 heterocycles. The highest BCUT2D eigenvalue weighted by molar-refractivity contribution is 5.26. The van der Waals surface area contributed by atoms with Gasteiger partial charge in [-0.3, -0.25) is 0 Å². The molecule has 1 saturated heterocycles. The molecule has 3 heteroatoms. The summed E-state index contributed by atoms with van der Waals surface area (Å²) in [5.41, 5.74) is 1.46. The molecule has 1 N–H and O–H groups in total. The van der Waals surface area contributed by atoms with E-state index in [4.69, 9.17) is 4.74 Å². The summed E-state index contributed by atoms with van der Waals surface area (Å²) in [5.74, 6) is -0.0956. The van der Waals surface area contributed by atoms with Gasteiger partial charge < -0.3 is 10.1 Å². The number of halogens is 1. The Morgan fingerprint density at radius 3 is 2.88 bits per heavy atom. The summed E-state index contributed by atoms with van der Waals surface area (Å²) < 4.78 is 19.1. The van der Waals surface area contributed by atoms with Gasteiger partial charge in [0.2, 0.25) is 0 Å². The average Bonchev–Trinajstić information content (AvgIpc) is 2.36. The third-order valence-corrected chi connectivity index (χ3v) is 3.34. The Labute approximate surface area is 102 Å². The van der Waals surface area contributed by atoms with Gasteiger partial charge >= 0.3 is 0 Å². The molecule has 94 valence electrons. The SMILES string of the molecule is COCc1cccc(CC2CCCCN2)c1F. The van der Waals surface area contributed by atoms with Crippen molar-refractivity contribution in [2.75, 3.05) is 13.7 Å². The molecular formula is C14H20FNO. The van der Waals surface area contributed by atoms with Crippen molar-refractivity contribution in [3.8, 4) is 0 Å². The summed E-state index contributed by atoms with van der Waals surface area (Å²) in [6.07, 6.45) is 4.41. The second-order valence-electron chi connectivity index (χ2n) is 4.67. The second kappa shape index (κ2) is 6.12. The zero-order valence-corrected chi connectivity index (χ0v) is 10.3. The van der Waals surface area contributed by atoms with Crippen molar-refractivity contribution in [3.05, 3.63) is 35.1 Å². The largest absolute Gasteiger partial charge is 0.380 e. The van der Waals surface area contributed by atoms with Crippen LogP contribution in [0.1, 0.15) is 30.4 Å². The van der Waals surface area contributed by atoms with E-state index in [0.29, 0.717) is 18.2 Å². The first-order valence-corrected chi connectivity index (χ1v) is 6.30. The fourth-order valence-corrected chi connectivity index (χ4v) is 2.42. The van der Waals surface area contributed by atoms with Crippen molar-refractivity contribution < 1.29 is 9.13 Å². The first-order valence-electron chi connectivity index (χ1n) is 6.30. The zero-order valence-electron chi connectivity index (χ0n) is 10.3. The standard InChI is InChI=1S/C14H20FNO/c1-17-10-12-6-4-5-11(14(12)15)9-13-7-2-3-8-16-13/h4-6,13,16H,2-3,7-10H2,1H3. The van der Waals surface area contributed by atoms with Gasteiger partial charge in [0.15, 0.2) is 0 Å². The van der Waals surface area contributed by atoms with Crippen molar-refractivity contribution in [1.29, 1.82) is 0 Å². The van der Waals surface area contributed by atoms with Crippen molar-refractivity contribution in [2.45, 2.75) is 38.3 Å². The maximum atomic E-state index is 14.1. The molecule has 0 bridgehead atoms. The molecule has 1 aromatic rings. The Kier molecular flexibility index (Phi) is 4.51. The second-order valence-corrected chi connectivity index (χ2v) is 4.67. The summed E-state index contributed by atoms with van der Waals surface area (Å²) in [7, 11) is 1.59. The lowest BCUT2D eigenvalue weighted by Gasteiger charge is -2.23. The molecule has 1 aliphatic heterocycles. The number of rotatable bonds is 4. The monoisotopic (exact) mass is 237 g/mol. The number of hydrogen-bond acceptors (Lipinski definition) is 2. The van der Waals surface area contributed by atoms with E-state index < -0.39 is 0 Å². The lowest BCUT2D eigenvalue weighted by atomic mass is 9.96. The fraction of sp³-hybridized carbons (Fsp3) is 0.571. The Morgan fingerprint density at radius 1 is 1.35 bits per heavy atom. The first kappa shape index (κ1) is 12.5. The summed E-state index contributed by atoms with van der Waals surface area (Å²) >= 11 is 0. The van der Waals surface area contributed by atoms with E-state index in [1.165, 1.54) is 12.8 Å². The molecule has 1 atom stereocenters. The van der Waals surface area contributed by atoms with Crippen LogP contribution >= 0.6 is 0 Å². The average molecular weight is 237 g/mol. The van der Waals surface area contributed by atoms with Crippen LogP contribution in [0.15, 0.2) is 18.2 Å². The molecule has 2 nitrogen and oxygen atoms in total. The summed E-state index contributed by atoms with van der Waals surface area (Å²) in [5, 5.41) is 3.45. The number of ether oxygens (including phenoxy) is 1. The van der Waals surface area contributed by atoms with Gasteiger partial charge in [-0.15, -0.1) is 0 Å². The number of benzene rings is 1. The van der Waals surface area contributed by atoms with E-state index in [1.54, 1.807) is 13.2 Å². The van der Waals surface area contributed by atoms with Gasteiger partial charge in [-0.25, -0.2) is 4.39 Å². The van der Waals surface area contributed by atoms with Gasteiger partial charge in [-0.1, -0.05) is 24.6 Å². The van der Waals surface area contributed by atoms with Crippen molar-refractivity contribution in [1.82, 2.24) is 5.32 Å². The summed E-state index contributed by atoms with van der Waals surface area (Å²) in [6, 6.07) is 6.01. The van der Waals surface area contributed by atoms with Crippen LogP contribution in [0.3, 0.4) is 0 Å². The normalized spacial score (nSPS) is 20.5. The van der Waals surface area contributed by atoms with Gasteiger partial charge in [0.1, 0.15) is 5.82 Å². The lowest BCUT2D eigenvalue weighted by molar-refractivity contribution is 0.181. The van der Waals surface area contributed by atoms with E-state index in [0.717, 1.165) is 24.9 Å². The van der Waals surface area contributed by atoms with Crippen LogP contribution in [0, 0.1) is 5.82 Å². The Hall–Kier alpha value is -0.930. The van der Waals surface area contributed by atoms with Crippen LogP contribution in [0.2, 0.25) is 0 Å². The molecule has 0 spiro atoms. The molecule has 1 aromatic carbocycles. The minimum Gasteiger partial charge on any atom is -0.380 e. The Morgan fingerprint density at radius 2 is 2.18 bits per heavy atom. The highest BCUT2D eigenvalue weighted by Gasteiger charge is 2.16. The predicted octanol–water partition coefficient (Wildman–Crippen LogP) is 2.66. The van der Waals surface area contributed by atoms with Crippen LogP contribution in [0.5, 0.6) is 0 Å². The van der Waals surface area contributed by atoms with Gasteiger partial charge in [0.25, 0.3) is 0 Å². The van der Waals surface area contributed by atoms with Crippen LogP contribution in [0.4, 0.5) is 4.39 Å². The topological polar surface area (TPSA) is 21.3 Å². The smallest absolute Gasteiger partial charge is 0.131 e. The summed E-state index contributed by atoms with van der Waals surface area (Å²) in [6.45, 7) is 1.40. The van der Waals surface area contributed by atoms with Crippen molar-refractivity contribution in [3.63, 3.8) is 0 Å². The minimum atomic E-state index is -0.0956. The molecule has 2 rings (SSSR count). The lowest BCUT2D eigenvalue weighted by Crippen LogP contribution is -2.35. The molecule has 0 saturated carbocycles. The van der Waals surface area contributed by atoms with E-state index in [1.807, 2.05) is 12.1 Å². The minimum absolute atomic E-state index is 0.0956. The molecule has 0 aliphatic carbocycles. The molecule has 0 aromatic heterocycles. The van der Waals surface area contributed by atoms with Crippen LogP contribution in [0.25, 0.3) is 0 Å². The van der Waals surface area contributed by atoms with Gasteiger partial charge in [-0.05, 0) is 31.4 Å². The van der Waals surface area contributed by atoms with E-state index in [2.05, 4.69) is 5.32 Å². The van der Waals surface area contributed by atoms with Crippen molar-refractivity contribution in [2.24, 2.45) is 0 Å². The van der Waals surface area contributed by atoms with E-state index >= 15 is 0 Å². The molecular weight excluding hydrogens is 217 g/mol. The highest BCUT2D eigenvalue weighted by atomic mass is 19.1. The van der Waals surface area contributed by atoms with E-state index in [9.17, 15) is 4.39 Å². The van der Waals surface area contributed by atoms with Crippen LogP contribution in [-0.4, -0.2) is 19.7 Å².